The normalized spacial score (nSPS) is 30.7. The monoisotopic (exact) mass is 487 g/mol. The highest BCUT2D eigenvalue weighted by atomic mass is 16.5. The minimum absolute atomic E-state index is 0.0416. The minimum Gasteiger partial charge on any atom is -0.497 e. The fraction of sp³-hybridized carbons (Fsp3) is 0.654. The van der Waals surface area contributed by atoms with E-state index in [0.717, 1.165) is 12.8 Å². The van der Waals surface area contributed by atoms with Gasteiger partial charge in [0.15, 0.2) is 0 Å². The number of nitrogens with zero attached hydrogens (tertiary/aromatic N) is 1. The molecule has 9 nitrogen and oxygen atoms in total. The van der Waals surface area contributed by atoms with Gasteiger partial charge in [-0.3, -0.25) is 14.4 Å². The van der Waals surface area contributed by atoms with Crippen LogP contribution >= 0.6 is 0 Å². The van der Waals surface area contributed by atoms with Gasteiger partial charge in [-0.15, -0.1) is 0 Å². The summed E-state index contributed by atoms with van der Waals surface area (Å²) in [5.74, 6) is -1.61. The van der Waals surface area contributed by atoms with E-state index in [1.165, 1.54) is 4.90 Å². The molecule has 3 fully saturated rings. The second kappa shape index (κ2) is 10.1. The van der Waals surface area contributed by atoms with Gasteiger partial charge >= 0.3 is 0 Å². The van der Waals surface area contributed by atoms with Gasteiger partial charge in [-0.1, -0.05) is 27.2 Å². The smallest absolute Gasteiger partial charge is 0.250 e. The number of aliphatic hydroxyl groups is 1. The molecule has 2 bridgehead atoms. The van der Waals surface area contributed by atoms with Crippen LogP contribution in [-0.2, 0) is 19.1 Å². The van der Waals surface area contributed by atoms with Gasteiger partial charge in [0.25, 0.3) is 0 Å². The Morgan fingerprint density at radius 3 is 2.57 bits per heavy atom. The van der Waals surface area contributed by atoms with Crippen molar-refractivity contribution in [3.05, 3.63) is 24.3 Å². The maximum absolute atomic E-state index is 14.0. The predicted octanol–water partition coefficient (Wildman–Crippen LogP) is 1.94. The highest BCUT2D eigenvalue weighted by molar-refractivity contribution is 6.03. The van der Waals surface area contributed by atoms with Gasteiger partial charge in [-0.2, -0.15) is 0 Å². The Labute approximate surface area is 206 Å². The summed E-state index contributed by atoms with van der Waals surface area (Å²) in [6.07, 6.45) is 2.25. The Morgan fingerprint density at radius 2 is 1.97 bits per heavy atom. The summed E-state index contributed by atoms with van der Waals surface area (Å²) in [7, 11) is 1.57. The molecule has 7 atom stereocenters. The van der Waals surface area contributed by atoms with E-state index in [9.17, 15) is 19.5 Å². The van der Waals surface area contributed by atoms with E-state index in [0.29, 0.717) is 30.8 Å². The third kappa shape index (κ3) is 4.18. The van der Waals surface area contributed by atoms with Gasteiger partial charge in [0.05, 0.1) is 37.7 Å². The number of hydrogen-bond donors (Lipinski definition) is 3. The number of carbonyl (C=O) groups is 3. The molecule has 3 N–H and O–H groups in total. The van der Waals surface area contributed by atoms with Crippen LogP contribution in [0, 0.1) is 17.8 Å². The van der Waals surface area contributed by atoms with Gasteiger partial charge < -0.3 is 30.1 Å². The summed E-state index contributed by atoms with van der Waals surface area (Å²) < 4.78 is 11.6. The second-order valence-electron chi connectivity index (χ2n) is 9.95. The molecule has 2 unspecified atom stereocenters. The van der Waals surface area contributed by atoms with E-state index in [2.05, 4.69) is 10.6 Å². The van der Waals surface area contributed by atoms with Gasteiger partial charge in [0.2, 0.25) is 17.7 Å². The molecule has 0 aromatic heterocycles. The average Bonchev–Trinajstić information content (AvgIpc) is 3.51. The summed E-state index contributed by atoms with van der Waals surface area (Å²) in [4.78, 5) is 42.5. The Balaban J connectivity index is 1.71. The predicted molar refractivity (Wildman–Crippen MR) is 130 cm³/mol. The third-order valence-electron chi connectivity index (χ3n) is 8.04. The first-order valence-corrected chi connectivity index (χ1v) is 12.7. The van der Waals surface area contributed by atoms with Gasteiger partial charge in [-0.25, -0.2) is 0 Å². The van der Waals surface area contributed by atoms with E-state index in [1.54, 1.807) is 31.4 Å². The van der Waals surface area contributed by atoms with Crippen LogP contribution < -0.4 is 15.4 Å². The third-order valence-corrected chi connectivity index (χ3v) is 8.04. The molecule has 3 aliphatic heterocycles. The Hall–Kier alpha value is -2.65. The standard InChI is InChI=1S/C26H37N3O6/c1-5-13-27-23(31)20-19-11-12-26(35-19)21(20)25(33)29(18(14-30)15(3)6-2)22(26)24(32)28-16-7-9-17(34-4)10-8-16/h7-10,15,18-22,30H,5-6,11-14H2,1-4H3,(H,27,31)(H,28,32)/t15-,18-,19-,20+,21-,22?,26?/m0/s1. The molecule has 1 spiro atoms. The van der Waals surface area contributed by atoms with Crippen LogP contribution in [0.2, 0.25) is 0 Å². The highest BCUT2D eigenvalue weighted by Gasteiger charge is 2.75. The maximum Gasteiger partial charge on any atom is 0.250 e. The molecule has 1 aromatic carbocycles. The fourth-order valence-electron chi connectivity index (χ4n) is 6.11. The molecule has 9 heteroatoms. The van der Waals surface area contributed by atoms with Crippen molar-refractivity contribution in [1.29, 1.82) is 0 Å². The van der Waals surface area contributed by atoms with Crippen molar-refractivity contribution in [2.45, 2.75) is 70.2 Å². The van der Waals surface area contributed by atoms with Gasteiger partial charge in [0, 0.05) is 12.2 Å². The lowest BCUT2D eigenvalue weighted by atomic mass is 9.70. The quantitative estimate of drug-likeness (QED) is 0.464. The molecule has 3 amide bonds. The number of carbonyl (C=O) groups excluding carboxylic acids is 3. The molecule has 0 saturated carbocycles. The molecule has 3 saturated heterocycles. The van der Waals surface area contributed by atoms with E-state index in [4.69, 9.17) is 9.47 Å². The van der Waals surface area contributed by atoms with Crippen LogP contribution in [0.25, 0.3) is 0 Å². The fourth-order valence-corrected chi connectivity index (χ4v) is 6.11. The number of rotatable bonds is 10. The number of methoxy groups -OCH3 is 1. The minimum atomic E-state index is -1.09. The molecule has 3 aliphatic rings. The number of anilines is 1. The number of benzene rings is 1. The SMILES string of the molecule is CCCNC(=O)[C@@H]1[C@@H]2CCC3(O2)C(C(=O)Nc2ccc(OC)cc2)N([C@@H](CO)[C@@H](C)CC)C(=O)[C@H]13. The zero-order chi connectivity index (χ0) is 25.3. The van der Waals surface area contributed by atoms with Gasteiger partial charge in [0.1, 0.15) is 17.4 Å². The number of amides is 3. The summed E-state index contributed by atoms with van der Waals surface area (Å²) in [6, 6.07) is 5.47. The molecule has 0 aliphatic carbocycles. The summed E-state index contributed by atoms with van der Waals surface area (Å²) >= 11 is 0. The first-order chi connectivity index (χ1) is 16.8. The number of fused-ring (bicyclic) bond motifs is 1. The highest BCUT2D eigenvalue weighted by Crippen LogP contribution is 2.59. The van der Waals surface area contributed by atoms with Crippen molar-refractivity contribution >= 4 is 23.4 Å². The molecule has 1 aromatic rings. The van der Waals surface area contributed by atoms with Crippen molar-refractivity contribution in [3.8, 4) is 5.75 Å². The number of likely N-dealkylation sites (tertiary alicyclic amines) is 1. The molecular formula is C26H37N3O6. The molecular weight excluding hydrogens is 450 g/mol. The van der Waals surface area contributed by atoms with Crippen molar-refractivity contribution in [2.24, 2.45) is 17.8 Å². The largest absolute Gasteiger partial charge is 0.497 e. The van der Waals surface area contributed by atoms with Crippen molar-refractivity contribution in [3.63, 3.8) is 0 Å². The van der Waals surface area contributed by atoms with E-state index >= 15 is 0 Å². The lowest BCUT2D eigenvalue weighted by Crippen LogP contribution is -2.57. The van der Waals surface area contributed by atoms with E-state index in [1.807, 2.05) is 20.8 Å². The molecule has 0 radical (unpaired) electrons. The summed E-state index contributed by atoms with van der Waals surface area (Å²) in [6.45, 7) is 6.17. The Bertz CT molecular complexity index is 953. The van der Waals surface area contributed by atoms with Crippen LogP contribution in [0.5, 0.6) is 5.75 Å². The van der Waals surface area contributed by atoms with Crippen LogP contribution in [-0.4, -0.2) is 71.8 Å². The lowest BCUT2D eigenvalue weighted by Gasteiger charge is -2.38. The maximum atomic E-state index is 14.0. The lowest BCUT2D eigenvalue weighted by molar-refractivity contribution is -0.145. The topological polar surface area (TPSA) is 117 Å². The Kier molecular flexibility index (Phi) is 7.38. The number of nitrogens with one attached hydrogen (secondary N) is 2. The first-order valence-electron chi connectivity index (χ1n) is 12.7. The zero-order valence-electron chi connectivity index (χ0n) is 21.0. The van der Waals surface area contributed by atoms with Crippen molar-refractivity contribution in [1.82, 2.24) is 10.2 Å². The second-order valence-corrected chi connectivity index (χ2v) is 9.95. The molecule has 35 heavy (non-hydrogen) atoms. The zero-order valence-corrected chi connectivity index (χ0v) is 21.0. The van der Waals surface area contributed by atoms with Crippen molar-refractivity contribution < 1.29 is 29.0 Å². The van der Waals surface area contributed by atoms with E-state index < -0.39 is 35.6 Å². The average molecular weight is 488 g/mol. The van der Waals surface area contributed by atoms with Crippen molar-refractivity contribution in [2.75, 3.05) is 25.6 Å². The van der Waals surface area contributed by atoms with E-state index in [-0.39, 0.29) is 30.2 Å². The van der Waals surface area contributed by atoms with Crippen LogP contribution in [0.4, 0.5) is 5.69 Å². The number of ether oxygens (including phenoxy) is 2. The van der Waals surface area contributed by atoms with Crippen LogP contribution in [0.3, 0.4) is 0 Å². The molecule has 3 heterocycles. The molecule has 4 rings (SSSR count). The Morgan fingerprint density at radius 1 is 1.26 bits per heavy atom. The van der Waals surface area contributed by atoms with Crippen LogP contribution in [0.1, 0.15) is 46.5 Å². The molecule has 192 valence electrons. The van der Waals surface area contributed by atoms with Crippen LogP contribution in [0.15, 0.2) is 24.3 Å². The number of hydrogen-bond acceptors (Lipinski definition) is 6. The number of aliphatic hydroxyl groups excluding tert-OH is 1. The first kappa shape index (κ1) is 25.4. The summed E-state index contributed by atoms with van der Waals surface area (Å²) in [5.41, 5.74) is -0.523. The van der Waals surface area contributed by atoms with Gasteiger partial charge in [-0.05, 0) is 49.4 Å². The summed E-state index contributed by atoms with van der Waals surface area (Å²) in [5, 5.41) is 16.2.